The van der Waals surface area contributed by atoms with Crippen LogP contribution in [0.4, 0.5) is 5.69 Å². The van der Waals surface area contributed by atoms with Crippen LogP contribution in [0.25, 0.3) is 0 Å². The monoisotopic (exact) mass is 398 g/mol. The maximum Gasteiger partial charge on any atom is 0.237 e. The van der Waals surface area contributed by atoms with Gasteiger partial charge in [0.25, 0.3) is 0 Å². The predicted octanol–water partition coefficient (Wildman–Crippen LogP) is 4.33. The highest BCUT2D eigenvalue weighted by Gasteiger charge is 2.24. The van der Waals surface area contributed by atoms with Gasteiger partial charge in [-0.1, -0.05) is 43.8 Å². The van der Waals surface area contributed by atoms with Crippen molar-refractivity contribution in [2.24, 2.45) is 0 Å². The second-order valence-corrected chi connectivity index (χ2v) is 8.34. The molecule has 28 heavy (non-hydrogen) atoms. The van der Waals surface area contributed by atoms with Crippen molar-refractivity contribution in [3.8, 4) is 0 Å². The number of ether oxygens (including phenoxy) is 1. The fraction of sp³-hybridized carbons (Fsp3) is 0.381. The van der Waals surface area contributed by atoms with Crippen LogP contribution >= 0.6 is 11.8 Å². The maximum atomic E-state index is 12.6. The van der Waals surface area contributed by atoms with Crippen LogP contribution in [0.5, 0.6) is 0 Å². The van der Waals surface area contributed by atoms with E-state index in [0.29, 0.717) is 24.2 Å². The molecule has 148 valence electrons. The van der Waals surface area contributed by atoms with Crippen molar-refractivity contribution in [2.45, 2.75) is 49.6 Å². The van der Waals surface area contributed by atoms with Crippen LogP contribution in [0, 0.1) is 0 Å². The van der Waals surface area contributed by atoms with E-state index >= 15 is 0 Å². The summed E-state index contributed by atoms with van der Waals surface area (Å²) in [4.78, 5) is 12.6. The first-order valence-corrected chi connectivity index (χ1v) is 10.3. The molecule has 1 aliphatic heterocycles. The summed E-state index contributed by atoms with van der Waals surface area (Å²) in [5.41, 5.74) is 2.04. The van der Waals surface area contributed by atoms with Crippen LogP contribution in [0.15, 0.2) is 54.4 Å². The van der Waals surface area contributed by atoms with E-state index in [9.17, 15) is 4.79 Å². The predicted molar refractivity (Wildman–Crippen MR) is 113 cm³/mol. The van der Waals surface area contributed by atoms with Crippen molar-refractivity contribution in [3.63, 3.8) is 0 Å². The molecule has 7 heteroatoms. The molecule has 2 aromatic rings. The van der Waals surface area contributed by atoms with Gasteiger partial charge in [0, 0.05) is 12.2 Å². The van der Waals surface area contributed by atoms with Gasteiger partial charge >= 0.3 is 0 Å². The Morgan fingerprint density at radius 3 is 2.71 bits per heavy atom. The minimum absolute atomic E-state index is 0.0684. The Morgan fingerprint density at radius 1 is 1.36 bits per heavy atom. The fourth-order valence-corrected chi connectivity index (χ4v) is 3.76. The van der Waals surface area contributed by atoms with E-state index < -0.39 is 0 Å². The van der Waals surface area contributed by atoms with Gasteiger partial charge in [0.2, 0.25) is 5.91 Å². The highest BCUT2D eigenvalue weighted by atomic mass is 32.2. The normalized spacial score (nSPS) is 16.8. The van der Waals surface area contributed by atoms with Gasteiger partial charge in [0.1, 0.15) is 12.4 Å². The summed E-state index contributed by atoms with van der Waals surface area (Å²) >= 11 is 1.39. The minimum atomic E-state index is -0.319. The topological polar surface area (TPSA) is 69.0 Å². The molecule has 0 fully saturated rings. The molecule has 0 aliphatic carbocycles. The number of aromatic nitrogens is 3. The molecule has 0 radical (unpaired) electrons. The number of hydrogen-bond acceptors (Lipinski definition) is 5. The Labute approximate surface area is 170 Å². The summed E-state index contributed by atoms with van der Waals surface area (Å²) in [5, 5.41) is 12.0. The lowest BCUT2D eigenvalue weighted by Crippen LogP contribution is -2.23. The highest BCUT2D eigenvalue weighted by Crippen LogP contribution is 2.28. The Bertz CT molecular complexity index is 858. The minimum Gasteiger partial charge on any atom is -0.500 e. The van der Waals surface area contributed by atoms with E-state index in [1.54, 1.807) is 12.3 Å². The number of thioether (sulfide) groups is 1. The van der Waals surface area contributed by atoms with Crippen LogP contribution < -0.4 is 5.32 Å². The van der Waals surface area contributed by atoms with Gasteiger partial charge in [-0.15, -0.1) is 16.8 Å². The molecular weight excluding hydrogens is 372 g/mol. The number of amides is 1. The van der Waals surface area contributed by atoms with Gasteiger partial charge < -0.3 is 14.6 Å². The Hall–Kier alpha value is -2.54. The fourth-order valence-electron chi connectivity index (χ4n) is 2.89. The number of allylic oxidation sites excluding steroid dienone is 1. The van der Waals surface area contributed by atoms with Gasteiger partial charge in [-0.25, -0.2) is 0 Å². The zero-order valence-corrected chi connectivity index (χ0v) is 17.3. The number of rotatable bonds is 8. The molecule has 1 aliphatic rings. The van der Waals surface area contributed by atoms with Gasteiger partial charge in [0.15, 0.2) is 5.16 Å². The first kappa shape index (κ1) is 20.2. The number of nitrogens with zero attached hydrogens (tertiary/aromatic N) is 3. The number of carbonyl (C=O) groups excluding carboxylic acids is 1. The molecule has 1 amide bonds. The van der Waals surface area contributed by atoms with Crippen molar-refractivity contribution in [1.29, 1.82) is 0 Å². The van der Waals surface area contributed by atoms with Crippen LogP contribution in [-0.4, -0.2) is 32.5 Å². The first-order chi connectivity index (χ1) is 13.5. The second-order valence-electron chi connectivity index (χ2n) is 7.03. The summed E-state index contributed by atoms with van der Waals surface area (Å²) in [5.74, 6) is 1.30. The van der Waals surface area contributed by atoms with Gasteiger partial charge in [-0.05, 0) is 36.6 Å². The van der Waals surface area contributed by atoms with E-state index in [2.05, 4.69) is 35.9 Å². The summed E-state index contributed by atoms with van der Waals surface area (Å²) in [7, 11) is 0. The van der Waals surface area contributed by atoms with Crippen LogP contribution in [0.1, 0.15) is 44.0 Å². The van der Waals surface area contributed by atoms with Crippen molar-refractivity contribution in [2.75, 3.05) is 11.9 Å². The van der Waals surface area contributed by atoms with Crippen LogP contribution in [0.2, 0.25) is 0 Å². The molecule has 1 N–H and O–H groups in total. The average molecular weight is 399 g/mol. The Kier molecular flexibility index (Phi) is 6.57. The van der Waals surface area contributed by atoms with Crippen LogP contribution in [0.3, 0.4) is 0 Å². The molecule has 2 atom stereocenters. The molecule has 1 aromatic heterocycles. The summed E-state index contributed by atoms with van der Waals surface area (Å²) in [6.45, 7) is 11.1. The molecule has 3 rings (SSSR count). The van der Waals surface area contributed by atoms with Gasteiger partial charge in [-0.3, -0.25) is 4.79 Å². The summed E-state index contributed by atoms with van der Waals surface area (Å²) in [6, 6.07) is 7.97. The standard InChI is InChI=1S/C21H26N4O2S/c1-5-11-25-19(17-10-12-27-13-17)23-24-21(25)28-15(4)20(26)22-18-8-6-16(7-9-18)14(2)3/h5-10,12,14-15,17H,1,11,13H2,2-4H3,(H,22,26). The summed E-state index contributed by atoms with van der Waals surface area (Å²) in [6.07, 6.45) is 5.46. The quantitative estimate of drug-likeness (QED) is 0.529. The molecule has 0 saturated carbocycles. The number of carbonyl (C=O) groups is 1. The Morgan fingerprint density at radius 2 is 2.11 bits per heavy atom. The molecule has 1 aromatic carbocycles. The summed E-state index contributed by atoms with van der Waals surface area (Å²) < 4.78 is 7.29. The van der Waals surface area contributed by atoms with Crippen LogP contribution in [-0.2, 0) is 16.1 Å². The van der Waals surface area contributed by atoms with E-state index in [1.807, 2.05) is 41.8 Å². The SMILES string of the molecule is C=CCn1c(SC(C)C(=O)Nc2ccc(C(C)C)cc2)nnc1C1C=COC1. The average Bonchev–Trinajstić information content (AvgIpc) is 3.33. The molecular formula is C21H26N4O2S. The molecule has 0 spiro atoms. The third-order valence-corrected chi connectivity index (χ3v) is 5.65. The van der Waals surface area contributed by atoms with E-state index in [4.69, 9.17) is 4.74 Å². The first-order valence-electron chi connectivity index (χ1n) is 9.39. The second kappa shape index (κ2) is 9.10. The smallest absolute Gasteiger partial charge is 0.237 e. The van der Waals surface area contributed by atoms with E-state index in [-0.39, 0.29) is 17.1 Å². The lowest BCUT2D eigenvalue weighted by Gasteiger charge is -2.14. The van der Waals surface area contributed by atoms with Crippen molar-refractivity contribution >= 4 is 23.4 Å². The zero-order valence-electron chi connectivity index (χ0n) is 16.5. The molecule has 6 nitrogen and oxygen atoms in total. The van der Waals surface area contributed by atoms with E-state index in [1.165, 1.54) is 17.3 Å². The number of benzene rings is 1. The van der Waals surface area contributed by atoms with Crippen molar-refractivity contribution in [3.05, 3.63) is 60.6 Å². The van der Waals surface area contributed by atoms with Gasteiger partial charge in [-0.2, -0.15) is 0 Å². The molecule has 2 unspecified atom stereocenters. The van der Waals surface area contributed by atoms with E-state index in [0.717, 1.165) is 11.5 Å². The third-order valence-electron chi connectivity index (χ3n) is 4.57. The maximum absolute atomic E-state index is 12.6. The zero-order chi connectivity index (χ0) is 20.1. The Balaban J connectivity index is 1.67. The van der Waals surface area contributed by atoms with Crippen molar-refractivity contribution < 1.29 is 9.53 Å². The lowest BCUT2D eigenvalue weighted by atomic mass is 10.0. The van der Waals surface area contributed by atoms with Crippen molar-refractivity contribution in [1.82, 2.24) is 14.8 Å². The molecule has 2 heterocycles. The molecule has 0 saturated heterocycles. The highest BCUT2D eigenvalue weighted by molar-refractivity contribution is 8.00. The largest absolute Gasteiger partial charge is 0.500 e. The number of hydrogen-bond donors (Lipinski definition) is 1. The number of nitrogens with one attached hydrogen (secondary N) is 1. The van der Waals surface area contributed by atoms with Gasteiger partial charge in [0.05, 0.1) is 17.4 Å². The molecule has 0 bridgehead atoms. The third kappa shape index (κ3) is 4.65. The lowest BCUT2D eigenvalue weighted by molar-refractivity contribution is -0.115. The number of anilines is 1.